The van der Waals surface area contributed by atoms with Crippen molar-refractivity contribution in [1.82, 2.24) is 0 Å². The van der Waals surface area contributed by atoms with Crippen LogP contribution >= 0.6 is 0 Å². The summed E-state index contributed by atoms with van der Waals surface area (Å²) in [5.74, 6) is -1.18. The van der Waals surface area contributed by atoms with E-state index in [9.17, 15) is 13.2 Å². The fourth-order valence-corrected chi connectivity index (χ4v) is 3.04. The van der Waals surface area contributed by atoms with Crippen molar-refractivity contribution >= 4 is 0 Å². The van der Waals surface area contributed by atoms with Crippen molar-refractivity contribution in [2.45, 2.75) is 57.2 Å². The Balaban J connectivity index is 2.05. The van der Waals surface area contributed by atoms with Crippen LogP contribution in [0.15, 0.2) is 24.3 Å². The summed E-state index contributed by atoms with van der Waals surface area (Å²) in [6.45, 7) is 2.12. The molecule has 1 aliphatic rings. The number of aryl methyl sites for hydroxylation is 1. The molecule has 0 spiro atoms. The molecule has 1 aromatic rings. The van der Waals surface area contributed by atoms with Crippen molar-refractivity contribution in [3.05, 3.63) is 35.4 Å². The lowest BCUT2D eigenvalue weighted by Crippen LogP contribution is -2.43. The lowest BCUT2D eigenvalue weighted by molar-refractivity contribution is -0.184. The molecule has 1 aromatic carbocycles. The van der Waals surface area contributed by atoms with Crippen LogP contribution in [0, 0.1) is 5.92 Å². The highest BCUT2D eigenvalue weighted by atomic mass is 19.4. The van der Waals surface area contributed by atoms with Crippen molar-refractivity contribution in [2.24, 2.45) is 11.7 Å². The van der Waals surface area contributed by atoms with Crippen molar-refractivity contribution in [3.63, 3.8) is 0 Å². The third-order valence-electron chi connectivity index (χ3n) is 4.41. The molecule has 4 heteroatoms. The largest absolute Gasteiger partial charge is 0.391 e. The van der Waals surface area contributed by atoms with Crippen LogP contribution in [0.3, 0.4) is 0 Å². The van der Waals surface area contributed by atoms with Crippen LogP contribution in [0.5, 0.6) is 0 Å². The van der Waals surface area contributed by atoms with Crippen molar-refractivity contribution < 1.29 is 13.2 Å². The van der Waals surface area contributed by atoms with E-state index >= 15 is 0 Å². The van der Waals surface area contributed by atoms with E-state index in [0.717, 1.165) is 18.4 Å². The highest BCUT2D eigenvalue weighted by Crippen LogP contribution is 2.43. The van der Waals surface area contributed by atoms with Gasteiger partial charge in [-0.1, -0.05) is 37.6 Å². The fourth-order valence-electron chi connectivity index (χ4n) is 3.04. The molecular weight excluding hydrogens is 263 g/mol. The van der Waals surface area contributed by atoms with Gasteiger partial charge in [-0.2, -0.15) is 13.2 Å². The summed E-state index contributed by atoms with van der Waals surface area (Å²) in [6, 6.07) is 8.06. The Hall–Kier alpha value is -1.03. The lowest BCUT2D eigenvalue weighted by Gasteiger charge is -2.38. The molecule has 0 unspecified atom stereocenters. The van der Waals surface area contributed by atoms with Crippen LogP contribution in [0.2, 0.25) is 0 Å². The maximum Gasteiger partial charge on any atom is 0.391 e. The van der Waals surface area contributed by atoms with E-state index in [1.807, 2.05) is 24.3 Å². The minimum absolute atomic E-state index is 0.136. The lowest BCUT2D eigenvalue weighted by atomic mass is 9.73. The van der Waals surface area contributed by atoms with Gasteiger partial charge >= 0.3 is 6.18 Å². The molecule has 2 N–H and O–H groups in total. The molecule has 1 aliphatic carbocycles. The van der Waals surface area contributed by atoms with Gasteiger partial charge in [-0.3, -0.25) is 0 Å². The van der Waals surface area contributed by atoms with E-state index in [4.69, 9.17) is 5.73 Å². The van der Waals surface area contributed by atoms with Gasteiger partial charge in [0.2, 0.25) is 0 Å². The van der Waals surface area contributed by atoms with Gasteiger partial charge in [0, 0.05) is 5.54 Å². The zero-order valence-electron chi connectivity index (χ0n) is 11.8. The molecule has 0 aliphatic heterocycles. The van der Waals surface area contributed by atoms with E-state index in [2.05, 4.69) is 6.92 Å². The number of alkyl halides is 3. The maximum absolute atomic E-state index is 12.7. The van der Waals surface area contributed by atoms with Crippen molar-refractivity contribution in [1.29, 1.82) is 0 Å². The van der Waals surface area contributed by atoms with Gasteiger partial charge in [0.25, 0.3) is 0 Å². The summed E-state index contributed by atoms with van der Waals surface area (Å²) < 4.78 is 38.1. The molecule has 0 saturated heterocycles. The van der Waals surface area contributed by atoms with Crippen LogP contribution in [0.1, 0.15) is 50.2 Å². The first-order valence-electron chi connectivity index (χ1n) is 7.30. The van der Waals surface area contributed by atoms with Crippen LogP contribution in [-0.2, 0) is 12.0 Å². The number of rotatable bonds is 3. The van der Waals surface area contributed by atoms with E-state index in [0.29, 0.717) is 12.8 Å². The summed E-state index contributed by atoms with van der Waals surface area (Å²) in [5.41, 5.74) is 7.98. The average Bonchev–Trinajstić information content (AvgIpc) is 2.39. The molecule has 2 rings (SSSR count). The molecule has 112 valence electrons. The van der Waals surface area contributed by atoms with E-state index in [1.165, 1.54) is 5.56 Å². The minimum Gasteiger partial charge on any atom is -0.321 e. The van der Waals surface area contributed by atoms with Gasteiger partial charge in [-0.25, -0.2) is 0 Å². The first-order valence-corrected chi connectivity index (χ1v) is 7.30. The standard InChI is InChI=1S/C16H22F3N/c1-2-3-12-4-6-13(7-5-12)15(20)10-8-14(9-11-15)16(17,18)19/h4-7,14H,2-3,8-11,20H2,1H3. The molecule has 20 heavy (non-hydrogen) atoms. The van der Waals surface area contributed by atoms with Crippen molar-refractivity contribution in [3.8, 4) is 0 Å². The first kappa shape index (κ1) is 15.4. The number of hydrogen-bond donors (Lipinski definition) is 1. The maximum atomic E-state index is 12.7. The Morgan fingerprint density at radius 1 is 1.15 bits per heavy atom. The Labute approximate surface area is 118 Å². The quantitative estimate of drug-likeness (QED) is 0.866. The van der Waals surface area contributed by atoms with E-state index < -0.39 is 17.6 Å². The zero-order chi connectivity index (χ0) is 14.8. The van der Waals surface area contributed by atoms with Gasteiger partial charge in [0.05, 0.1) is 5.92 Å². The number of benzene rings is 1. The molecule has 1 saturated carbocycles. The van der Waals surface area contributed by atoms with Crippen molar-refractivity contribution in [2.75, 3.05) is 0 Å². The SMILES string of the molecule is CCCc1ccc(C2(N)CCC(C(F)(F)F)CC2)cc1. The predicted octanol–water partition coefficient (Wildman–Crippen LogP) is 4.55. The summed E-state index contributed by atoms with van der Waals surface area (Å²) >= 11 is 0. The molecule has 1 nitrogen and oxygen atoms in total. The predicted molar refractivity (Wildman–Crippen MR) is 74.3 cm³/mol. The second-order valence-corrected chi connectivity index (χ2v) is 5.92. The van der Waals surface area contributed by atoms with Crippen LogP contribution < -0.4 is 5.73 Å². The Kier molecular flexibility index (Phi) is 4.43. The second-order valence-electron chi connectivity index (χ2n) is 5.92. The zero-order valence-corrected chi connectivity index (χ0v) is 11.8. The molecule has 0 heterocycles. The monoisotopic (exact) mass is 285 g/mol. The van der Waals surface area contributed by atoms with E-state index in [1.54, 1.807) is 0 Å². The normalized spacial score (nSPS) is 27.6. The van der Waals surface area contributed by atoms with Gasteiger partial charge in [0.15, 0.2) is 0 Å². The molecule has 0 amide bonds. The Morgan fingerprint density at radius 2 is 1.70 bits per heavy atom. The van der Waals surface area contributed by atoms with E-state index in [-0.39, 0.29) is 12.8 Å². The second kappa shape index (κ2) is 5.76. The smallest absolute Gasteiger partial charge is 0.321 e. The Morgan fingerprint density at radius 3 is 2.15 bits per heavy atom. The van der Waals surface area contributed by atoms with Gasteiger partial charge in [-0.15, -0.1) is 0 Å². The molecule has 0 aromatic heterocycles. The van der Waals surface area contributed by atoms with Crippen LogP contribution in [0.25, 0.3) is 0 Å². The molecular formula is C16H22F3N. The minimum atomic E-state index is -4.08. The van der Waals surface area contributed by atoms with Gasteiger partial charge < -0.3 is 5.73 Å². The third-order valence-corrected chi connectivity index (χ3v) is 4.41. The number of hydrogen-bond acceptors (Lipinski definition) is 1. The van der Waals surface area contributed by atoms with Gasteiger partial charge in [-0.05, 0) is 43.2 Å². The molecule has 1 fully saturated rings. The highest BCUT2D eigenvalue weighted by Gasteiger charge is 2.44. The van der Waals surface area contributed by atoms with Crippen LogP contribution in [0.4, 0.5) is 13.2 Å². The number of halogens is 3. The Bertz CT molecular complexity index is 428. The fraction of sp³-hybridized carbons (Fsp3) is 0.625. The molecule has 0 atom stereocenters. The number of nitrogens with two attached hydrogens (primary N) is 1. The molecule has 0 radical (unpaired) electrons. The first-order chi connectivity index (χ1) is 9.35. The summed E-state index contributed by atoms with van der Waals surface area (Å²) in [7, 11) is 0. The average molecular weight is 285 g/mol. The summed E-state index contributed by atoms with van der Waals surface area (Å²) in [6.07, 6.45) is -0.886. The topological polar surface area (TPSA) is 26.0 Å². The highest BCUT2D eigenvalue weighted by molar-refractivity contribution is 5.29. The third kappa shape index (κ3) is 3.35. The van der Waals surface area contributed by atoms with Gasteiger partial charge in [0.1, 0.15) is 0 Å². The summed E-state index contributed by atoms with van der Waals surface area (Å²) in [5, 5.41) is 0. The molecule has 0 bridgehead atoms. The summed E-state index contributed by atoms with van der Waals surface area (Å²) in [4.78, 5) is 0. The van der Waals surface area contributed by atoms with Crippen LogP contribution in [-0.4, -0.2) is 6.18 Å².